The minimum Gasteiger partial charge on any atom is -0.383 e. The number of nitrogens with zero attached hydrogens (tertiary/aromatic N) is 4. The van der Waals surface area contributed by atoms with Gasteiger partial charge in [-0.05, 0) is 31.5 Å². The molecule has 1 aromatic heterocycles. The van der Waals surface area contributed by atoms with Gasteiger partial charge >= 0.3 is 0 Å². The van der Waals surface area contributed by atoms with Crippen molar-refractivity contribution in [1.82, 2.24) is 14.4 Å². The van der Waals surface area contributed by atoms with Crippen LogP contribution in [0, 0.1) is 17.0 Å². The molecule has 0 aliphatic heterocycles. The van der Waals surface area contributed by atoms with Gasteiger partial charge in [0, 0.05) is 56.3 Å². The molecule has 9 nitrogen and oxygen atoms in total. The first-order valence-corrected chi connectivity index (χ1v) is 10.7. The fourth-order valence-corrected chi connectivity index (χ4v) is 3.34. The highest BCUT2D eigenvalue weighted by atomic mass is 16.6. The van der Waals surface area contributed by atoms with Crippen LogP contribution < -0.4 is 0 Å². The number of methoxy groups -OCH3 is 1. The summed E-state index contributed by atoms with van der Waals surface area (Å²) in [5.74, 6) is -0.588. The average molecular weight is 445 g/mol. The maximum absolute atomic E-state index is 13.2. The highest BCUT2D eigenvalue weighted by Crippen LogP contribution is 2.20. The number of aromatic nitrogens is 1. The first-order chi connectivity index (χ1) is 15.3. The van der Waals surface area contributed by atoms with Crippen molar-refractivity contribution >= 4 is 17.5 Å². The molecule has 0 aliphatic rings. The van der Waals surface area contributed by atoms with Gasteiger partial charge in [-0.1, -0.05) is 19.4 Å². The molecule has 2 aromatic rings. The Bertz CT molecular complexity index is 940. The number of nitro benzene ring substituents is 1. The molecule has 32 heavy (non-hydrogen) atoms. The number of nitro groups is 1. The second-order valence-electron chi connectivity index (χ2n) is 7.76. The van der Waals surface area contributed by atoms with Crippen LogP contribution in [0.1, 0.15) is 41.4 Å². The van der Waals surface area contributed by atoms with Crippen molar-refractivity contribution in [1.29, 1.82) is 0 Å². The van der Waals surface area contributed by atoms with Crippen LogP contribution in [0.15, 0.2) is 36.5 Å². The molecule has 0 bridgehead atoms. The second-order valence-corrected chi connectivity index (χ2v) is 7.76. The minimum atomic E-state index is -0.500. The highest BCUT2D eigenvalue weighted by Gasteiger charge is 2.24. The number of aryl methyl sites for hydroxylation is 2. The Morgan fingerprint density at radius 3 is 2.53 bits per heavy atom. The third kappa shape index (κ3) is 6.65. The van der Waals surface area contributed by atoms with Crippen molar-refractivity contribution in [2.75, 3.05) is 33.4 Å². The third-order valence-electron chi connectivity index (χ3n) is 5.37. The van der Waals surface area contributed by atoms with Crippen molar-refractivity contribution in [2.45, 2.75) is 33.2 Å². The Morgan fingerprint density at radius 1 is 1.19 bits per heavy atom. The van der Waals surface area contributed by atoms with Gasteiger partial charge in [-0.25, -0.2) is 0 Å². The van der Waals surface area contributed by atoms with Crippen molar-refractivity contribution in [3.05, 3.63) is 63.5 Å². The van der Waals surface area contributed by atoms with Crippen LogP contribution in [0.4, 0.5) is 5.69 Å². The van der Waals surface area contributed by atoms with E-state index in [2.05, 4.69) is 0 Å². The van der Waals surface area contributed by atoms with E-state index in [-0.39, 0.29) is 29.6 Å². The summed E-state index contributed by atoms with van der Waals surface area (Å²) in [5.41, 5.74) is 1.55. The number of unbranched alkanes of at least 4 members (excludes halogenated alkanes) is 1. The number of rotatable bonds is 12. The van der Waals surface area contributed by atoms with Crippen molar-refractivity contribution in [3.63, 3.8) is 0 Å². The van der Waals surface area contributed by atoms with E-state index in [1.807, 2.05) is 36.9 Å². The summed E-state index contributed by atoms with van der Waals surface area (Å²) < 4.78 is 7.10. The number of hydrogen-bond donors (Lipinski definition) is 0. The predicted molar refractivity (Wildman–Crippen MR) is 121 cm³/mol. The number of amides is 2. The summed E-state index contributed by atoms with van der Waals surface area (Å²) >= 11 is 0. The smallest absolute Gasteiger partial charge is 0.273 e. The van der Waals surface area contributed by atoms with Crippen molar-refractivity contribution in [2.24, 2.45) is 7.05 Å². The monoisotopic (exact) mass is 444 g/mol. The second kappa shape index (κ2) is 12.0. The molecule has 0 saturated heterocycles. The average Bonchev–Trinajstić information content (AvgIpc) is 3.17. The molecule has 0 spiro atoms. The zero-order valence-electron chi connectivity index (χ0n) is 19.2. The summed E-state index contributed by atoms with van der Waals surface area (Å²) in [6, 6.07) is 8.27. The summed E-state index contributed by atoms with van der Waals surface area (Å²) in [5, 5.41) is 11.3. The van der Waals surface area contributed by atoms with Gasteiger partial charge in [0.05, 0.1) is 18.1 Å². The lowest BCUT2D eigenvalue weighted by atomic mass is 10.1. The first kappa shape index (κ1) is 25.1. The SMILES string of the molecule is CCCCN(CC(=O)N(CCOC)Cc1cccn1C)C(=O)c1ccc(C)c([N+](=O)[O-])c1. The Kier molecular flexibility index (Phi) is 9.39. The van der Waals surface area contributed by atoms with Gasteiger partial charge in [-0.15, -0.1) is 0 Å². The molecule has 0 N–H and O–H groups in total. The lowest BCUT2D eigenvalue weighted by Crippen LogP contribution is -2.44. The molecule has 9 heteroatoms. The first-order valence-electron chi connectivity index (χ1n) is 10.7. The van der Waals surface area contributed by atoms with Gasteiger partial charge in [0.15, 0.2) is 0 Å². The summed E-state index contributed by atoms with van der Waals surface area (Å²) in [6.07, 6.45) is 3.49. The number of benzene rings is 1. The normalized spacial score (nSPS) is 10.8. The third-order valence-corrected chi connectivity index (χ3v) is 5.37. The largest absolute Gasteiger partial charge is 0.383 e. The van der Waals surface area contributed by atoms with Crippen LogP contribution in [0.3, 0.4) is 0 Å². The van der Waals surface area contributed by atoms with E-state index >= 15 is 0 Å². The van der Waals surface area contributed by atoms with Gasteiger partial charge in [0.25, 0.3) is 11.6 Å². The van der Waals surface area contributed by atoms with Crippen LogP contribution in [0.5, 0.6) is 0 Å². The Morgan fingerprint density at radius 2 is 1.94 bits per heavy atom. The van der Waals surface area contributed by atoms with E-state index < -0.39 is 4.92 Å². The maximum atomic E-state index is 13.2. The minimum absolute atomic E-state index is 0.103. The molecule has 174 valence electrons. The van der Waals surface area contributed by atoms with Crippen LogP contribution in [0.2, 0.25) is 0 Å². The topological polar surface area (TPSA) is 97.9 Å². The van der Waals surface area contributed by atoms with Crippen molar-refractivity contribution < 1.29 is 19.2 Å². The molecule has 2 rings (SSSR count). The van der Waals surface area contributed by atoms with E-state index in [0.717, 1.165) is 18.5 Å². The van der Waals surface area contributed by atoms with Crippen LogP contribution in [-0.4, -0.2) is 64.5 Å². The molecule has 0 saturated carbocycles. The number of hydrogen-bond acceptors (Lipinski definition) is 5. The molecule has 0 aliphatic carbocycles. The van der Waals surface area contributed by atoms with Gasteiger partial charge in [0.1, 0.15) is 6.54 Å². The molecule has 0 radical (unpaired) electrons. The van der Waals surface area contributed by atoms with Crippen LogP contribution >= 0.6 is 0 Å². The molecule has 0 atom stereocenters. The number of ether oxygens (including phenoxy) is 1. The molecule has 1 heterocycles. The van der Waals surface area contributed by atoms with E-state index in [0.29, 0.717) is 31.8 Å². The Hall–Kier alpha value is -3.20. The lowest BCUT2D eigenvalue weighted by molar-refractivity contribution is -0.385. The van der Waals surface area contributed by atoms with Gasteiger partial charge in [-0.3, -0.25) is 19.7 Å². The molecule has 0 fully saturated rings. The summed E-state index contributed by atoms with van der Waals surface area (Å²) in [7, 11) is 3.49. The highest BCUT2D eigenvalue weighted by molar-refractivity contribution is 5.97. The molecule has 1 aromatic carbocycles. The Labute approximate surface area is 188 Å². The molecule has 2 amide bonds. The molecular formula is C23H32N4O5. The number of carbonyl (C=O) groups excluding carboxylic acids is 2. The summed E-state index contributed by atoms with van der Waals surface area (Å²) in [6.45, 7) is 5.09. The zero-order chi connectivity index (χ0) is 23.7. The van der Waals surface area contributed by atoms with Crippen LogP contribution in [-0.2, 0) is 23.1 Å². The summed E-state index contributed by atoms with van der Waals surface area (Å²) in [4.78, 5) is 40.3. The molecular weight excluding hydrogens is 412 g/mol. The Balaban J connectivity index is 2.24. The van der Waals surface area contributed by atoms with E-state index in [1.165, 1.54) is 11.0 Å². The quantitative estimate of drug-likeness (QED) is 0.370. The van der Waals surface area contributed by atoms with E-state index in [9.17, 15) is 19.7 Å². The van der Waals surface area contributed by atoms with Gasteiger partial charge in [0.2, 0.25) is 5.91 Å². The maximum Gasteiger partial charge on any atom is 0.273 e. The predicted octanol–water partition coefficient (Wildman–Crippen LogP) is 3.16. The fourth-order valence-electron chi connectivity index (χ4n) is 3.34. The molecule has 0 unspecified atom stereocenters. The van der Waals surface area contributed by atoms with Gasteiger partial charge in [-0.2, -0.15) is 0 Å². The van der Waals surface area contributed by atoms with E-state index in [4.69, 9.17) is 4.74 Å². The fraction of sp³-hybridized carbons (Fsp3) is 0.478. The zero-order valence-corrected chi connectivity index (χ0v) is 19.2. The van der Waals surface area contributed by atoms with E-state index in [1.54, 1.807) is 31.1 Å². The van der Waals surface area contributed by atoms with Crippen LogP contribution in [0.25, 0.3) is 0 Å². The lowest BCUT2D eigenvalue weighted by Gasteiger charge is -2.28. The number of carbonyl (C=O) groups is 2. The standard InChI is InChI=1S/C23H32N4O5/c1-5-6-12-26(23(29)19-10-9-18(2)21(15-19)27(30)31)17-22(28)25(13-14-32-4)16-20-8-7-11-24(20)3/h7-11,15H,5-6,12-14,16-17H2,1-4H3. The van der Waals surface area contributed by atoms with Gasteiger partial charge < -0.3 is 19.1 Å². The van der Waals surface area contributed by atoms with Crippen molar-refractivity contribution in [3.8, 4) is 0 Å².